The first-order chi connectivity index (χ1) is 11.1. The molecular weight excluding hydrogens is 338 g/mol. The molecule has 1 aliphatic heterocycles. The van der Waals surface area contributed by atoms with Crippen LogP contribution in [0.2, 0.25) is 0 Å². The zero-order valence-corrected chi connectivity index (χ0v) is 12.8. The molecular formula is C15H18F6N2O. The average Bonchev–Trinajstić information content (AvgIpc) is 2.45. The summed E-state index contributed by atoms with van der Waals surface area (Å²) in [7, 11) is 0. The summed E-state index contributed by atoms with van der Waals surface area (Å²) in [5.74, 6) is -0.271. The molecule has 136 valence electrons. The van der Waals surface area contributed by atoms with Crippen LogP contribution in [0.3, 0.4) is 0 Å². The molecule has 1 fully saturated rings. The molecule has 9 heteroatoms. The van der Waals surface area contributed by atoms with Crippen LogP contribution in [0.4, 0.5) is 26.3 Å². The van der Waals surface area contributed by atoms with E-state index in [2.05, 4.69) is 10.1 Å². The maximum atomic E-state index is 12.4. The Labute approximate surface area is 135 Å². The van der Waals surface area contributed by atoms with E-state index in [0.29, 0.717) is 31.5 Å². The maximum Gasteiger partial charge on any atom is 0.573 e. The van der Waals surface area contributed by atoms with Crippen molar-refractivity contribution >= 4 is 0 Å². The van der Waals surface area contributed by atoms with Crippen molar-refractivity contribution < 1.29 is 31.1 Å². The number of rotatable bonds is 5. The van der Waals surface area contributed by atoms with Gasteiger partial charge in [-0.15, -0.1) is 13.2 Å². The van der Waals surface area contributed by atoms with Crippen molar-refractivity contribution in [2.24, 2.45) is 0 Å². The lowest BCUT2D eigenvalue weighted by Crippen LogP contribution is -2.45. The van der Waals surface area contributed by atoms with Crippen molar-refractivity contribution in [2.45, 2.75) is 38.0 Å². The average molecular weight is 356 g/mol. The highest BCUT2D eigenvalue weighted by Gasteiger charge is 2.33. The van der Waals surface area contributed by atoms with E-state index in [4.69, 9.17) is 0 Å². The highest BCUT2D eigenvalue weighted by molar-refractivity contribution is 5.33. The summed E-state index contributed by atoms with van der Waals surface area (Å²) < 4.78 is 78.0. The highest BCUT2D eigenvalue weighted by atomic mass is 19.4. The monoisotopic (exact) mass is 356 g/mol. The second kappa shape index (κ2) is 7.60. The summed E-state index contributed by atoms with van der Waals surface area (Å²) in [4.78, 5) is 1.33. The lowest BCUT2D eigenvalue weighted by molar-refractivity contribution is -0.274. The molecule has 0 saturated carbocycles. The molecule has 0 aliphatic carbocycles. The molecule has 0 aromatic heterocycles. The molecule has 0 radical (unpaired) electrons. The fraction of sp³-hybridized carbons (Fsp3) is 0.600. The summed E-state index contributed by atoms with van der Waals surface area (Å²) in [6.07, 6.45) is -7.95. The Morgan fingerprint density at radius 3 is 2.25 bits per heavy atom. The van der Waals surface area contributed by atoms with Gasteiger partial charge in [-0.25, -0.2) is 0 Å². The summed E-state index contributed by atoms with van der Waals surface area (Å²) >= 11 is 0. The van der Waals surface area contributed by atoms with E-state index in [1.54, 1.807) is 6.07 Å². The predicted molar refractivity (Wildman–Crippen MR) is 75.5 cm³/mol. The van der Waals surface area contributed by atoms with Gasteiger partial charge in [0.25, 0.3) is 0 Å². The van der Waals surface area contributed by atoms with Crippen molar-refractivity contribution in [3.63, 3.8) is 0 Å². The van der Waals surface area contributed by atoms with Crippen LogP contribution in [0.15, 0.2) is 24.3 Å². The van der Waals surface area contributed by atoms with Crippen molar-refractivity contribution in [1.29, 1.82) is 0 Å². The lowest BCUT2D eigenvalue weighted by atomic mass is 10.0. The molecule has 1 aromatic carbocycles. The van der Waals surface area contributed by atoms with Crippen LogP contribution in [-0.4, -0.2) is 43.1 Å². The number of alkyl halides is 6. The number of ether oxygens (including phenoxy) is 1. The van der Waals surface area contributed by atoms with Gasteiger partial charge < -0.3 is 10.1 Å². The smallest absolute Gasteiger partial charge is 0.405 e. The van der Waals surface area contributed by atoms with Crippen LogP contribution in [-0.2, 0) is 6.54 Å². The van der Waals surface area contributed by atoms with Crippen molar-refractivity contribution in [2.75, 3.05) is 19.6 Å². The number of nitrogens with one attached hydrogen (secondary N) is 1. The molecule has 0 amide bonds. The number of para-hydroxylation sites is 1. The number of halogens is 6. The highest BCUT2D eigenvalue weighted by Crippen LogP contribution is 2.26. The molecule has 0 atom stereocenters. The van der Waals surface area contributed by atoms with Gasteiger partial charge in [-0.2, -0.15) is 13.2 Å². The van der Waals surface area contributed by atoms with Gasteiger partial charge in [0.05, 0.1) is 6.54 Å². The first kappa shape index (κ1) is 18.9. The molecule has 0 spiro atoms. The summed E-state index contributed by atoms with van der Waals surface area (Å²) in [5, 5.41) is 3.09. The van der Waals surface area contributed by atoms with Gasteiger partial charge in [0.15, 0.2) is 0 Å². The molecule has 2 rings (SSSR count). The van der Waals surface area contributed by atoms with Crippen LogP contribution in [0.1, 0.15) is 18.4 Å². The Balaban J connectivity index is 1.83. The minimum Gasteiger partial charge on any atom is -0.405 e. The fourth-order valence-electron chi connectivity index (χ4n) is 2.68. The third kappa shape index (κ3) is 6.56. The number of hydrogen-bond donors (Lipinski definition) is 1. The van der Waals surface area contributed by atoms with Crippen LogP contribution in [0, 0.1) is 0 Å². The van der Waals surface area contributed by atoms with E-state index >= 15 is 0 Å². The SMILES string of the molecule is FC(F)(F)CN1CCC(NCc2ccccc2OC(F)(F)F)CC1. The molecule has 0 unspecified atom stereocenters. The zero-order chi connectivity index (χ0) is 17.8. The second-order valence-corrected chi connectivity index (χ2v) is 5.70. The van der Waals surface area contributed by atoms with Gasteiger partial charge in [-0.1, -0.05) is 18.2 Å². The number of nitrogens with zero attached hydrogens (tertiary/aromatic N) is 1. The standard InChI is InChI=1S/C15H18F6N2O/c16-14(17,18)10-23-7-5-12(6-8-23)22-9-11-3-1-2-4-13(11)24-15(19,20)21/h1-4,12,22H,5-10H2. The van der Waals surface area contributed by atoms with Gasteiger partial charge in [0.1, 0.15) is 5.75 Å². The number of benzene rings is 1. The van der Waals surface area contributed by atoms with Crippen LogP contribution in [0.5, 0.6) is 5.75 Å². The van der Waals surface area contributed by atoms with E-state index in [9.17, 15) is 26.3 Å². The number of likely N-dealkylation sites (tertiary alicyclic amines) is 1. The summed E-state index contributed by atoms with van der Waals surface area (Å²) in [6, 6.07) is 5.77. The molecule has 1 N–H and O–H groups in total. The minimum atomic E-state index is -4.76. The summed E-state index contributed by atoms with van der Waals surface area (Å²) in [6.45, 7) is -0.159. The van der Waals surface area contributed by atoms with Gasteiger partial charge in [-0.3, -0.25) is 4.90 Å². The summed E-state index contributed by atoms with van der Waals surface area (Å²) in [5.41, 5.74) is 0.354. The molecule has 1 saturated heterocycles. The van der Waals surface area contributed by atoms with Gasteiger partial charge in [0, 0.05) is 18.2 Å². The quantitative estimate of drug-likeness (QED) is 0.815. The van der Waals surface area contributed by atoms with E-state index in [0.717, 1.165) is 0 Å². The predicted octanol–water partition coefficient (Wildman–Crippen LogP) is 3.70. The Hall–Kier alpha value is -1.48. The first-order valence-corrected chi connectivity index (χ1v) is 7.48. The first-order valence-electron chi connectivity index (χ1n) is 7.48. The second-order valence-electron chi connectivity index (χ2n) is 5.70. The maximum absolute atomic E-state index is 12.4. The van der Waals surface area contributed by atoms with Crippen molar-refractivity contribution in [3.8, 4) is 5.75 Å². The van der Waals surface area contributed by atoms with Gasteiger partial charge in [-0.05, 0) is 32.0 Å². The molecule has 1 aliphatic rings. The van der Waals surface area contributed by atoms with Crippen LogP contribution >= 0.6 is 0 Å². The van der Waals surface area contributed by atoms with E-state index in [-0.39, 0.29) is 18.3 Å². The van der Waals surface area contributed by atoms with E-state index in [1.165, 1.54) is 23.1 Å². The fourth-order valence-corrected chi connectivity index (χ4v) is 2.68. The molecule has 24 heavy (non-hydrogen) atoms. The third-order valence-electron chi connectivity index (χ3n) is 3.77. The molecule has 3 nitrogen and oxygen atoms in total. The van der Waals surface area contributed by atoms with Gasteiger partial charge >= 0.3 is 12.5 Å². The van der Waals surface area contributed by atoms with Crippen molar-refractivity contribution in [1.82, 2.24) is 10.2 Å². The number of piperidine rings is 1. The van der Waals surface area contributed by atoms with Crippen LogP contribution < -0.4 is 10.1 Å². The normalized spacial score (nSPS) is 17.9. The number of hydrogen-bond acceptors (Lipinski definition) is 3. The molecule has 1 aromatic rings. The Kier molecular flexibility index (Phi) is 5.97. The Bertz CT molecular complexity index is 523. The van der Waals surface area contributed by atoms with Crippen LogP contribution in [0.25, 0.3) is 0 Å². The van der Waals surface area contributed by atoms with E-state index < -0.39 is 19.1 Å². The zero-order valence-electron chi connectivity index (χ0n) is 12.8. The topological polar surface area (TPSA) is 24.5 Å². The van der Waals surface area contributed by atoms with E-state index in [1.807, 2.05) is 0 Å². The molecule has 0 bridgehead atoms. The Morgan fingerprint density at radius 2 is 1.67 bits per heavy atom. The lowest BCUT2D eigenvalue weighted by Gasteiger charge is -2.32. The van der Waals surface area contributed by atoms with Crippen molar-refractivity contribution in [3.05, 3.63) is 29.8 Å². The molecule has 1 heterocycles. The third-order valence-corrected chi connectivity index (χ3v) is 3.77. The minimum absolute atomic E-state index is 0.0339. The van der Waals surface area contributed by atoms with Gasteiger partial charge in [0.2, 0.25) is 0 Å². The largest absolute Gasteiger partial charge is 0.573 e. The Morgan fingerprint density at radius 1 is 1.04 bits per heavy atom.